The highest BCUT2D eigenvalue weighted by molar-refractivity contribution is 6.31. The SMILES string of the molecule is CC(C)(C)c1ccc(Oc2cc(CN)c(Cl)cn2)cc1. The Hall–Kier alpha value is -1.58. The van der Waals surface area contributed by atoms with E-state index in [9.17, 15) is 0 Å². The van der Waals surface area contributed by atoms with E-state index in [1.165, 1.54) is 5.56 Å². The Morgan fingerprint density at radius 1 is 1.20 bits per heavy atom. The molecule has 0 atom stereocenters. The zero-order valence-electron chi connectivity index (χ0n) is 12.0. The molecule has 0 spiro atoms. The summed E-state index contributed by atoms with van der Waals surface area (Å²) in [6.07, 6.45) is 1.56. The number of pyridine rings is 1. The lowest BCUT2D eigenvalue weighted by atomic mass is 9.87. The van der Waals surface area contributed by atoms with Gasteiger partial charge in [0.15, 0.2) is 0 Å². The van der Waals surface area contributed by atoms with Crippen LogP contribution in [0.5, 0.6) is 11.6 Å². The molecule has 0 unspecified atom stereocenters. The van der Waals surface area contributed by atoms with E-state index >= 15 is 0 Å². The van der Waals surface area contributed by atoms with E-state index in [0.29, 0.717) is 17.4 Å². The second-order valence-corrected chi connectivity index (χ2v) is 6.10. The molecule has 2 aromatic rings. The summed E-state index contributed by atoms with van der Waals surface area (Å²) in [5.41, 5.74) is 7.82. The topological polar surface area (TPSA) is 48.1 Å². The molecule has 0 bridgehead atoms. The summed E-state index contributed by atoms with van der Waals surface area (Å²) < 4.78 is 5.72. The highest BCUT2D eigenvalue weighted by Crippen LogP contribution is 2.27. The van der Waals surface area contributed by atoms with Gasteiger partial charge in [-0.25, -0.2) is 4.98 Å². The maximum absolute atomic E-state index is 5.97. The molecule has 2 N–H and O–H groups in total. The number of nitrogens with two attached hydrogens (primary N) is 1. The third-order valence-electron chi connectivity index (χ3n) is 3.07. The molecule has 0 amide bonds. The fourth-order valence-corrected chi connectivity index (χ4v) is 1.99. The average Bonchev–Trinajstić information content (AvgIpc) is 2.40. The van der Waals surface area contributed by atoms with Gasteiger partial charge in [0, 0.05) is 18.8 Å². The van der Waals surface area contributed by atoms with Crippen LogP contribution in [0.3, 0.4) is 0 Å². The van der Waals surface area contributed by atoms with Crippen molar-refractivity contribution in [2.45, 2.75) is 32.7 Å². The molecule has 0 aliphatic heterocycles. The lowest BCUT2D eigenvalue weighted by Crippen LogP contribution is -2.10. The Morgan fingerprint density at radius 2 is 1.85 bits per heavy atom. The van der Waals surface area contributed by atoms with Crippen LogP contribution in [0.15, 0.2) is 36.5 Å². The number of nitrogens with zero attached hydrogens (tertiary/aromatic N) is 1. The summed E-state index contributed by atoms with van der Waals surface area (Å²) in [6.45, 7) is 6.89. The fraction of sp³-hybridized carbons (Fsp3) is 0.312. The van der Waals surface area contributed by atoms with Gasteiger partial charge in [0.1, 0.15) is 5.75 Å². The Bertz CT molecular complexity index is 588. The Kier molecular flexibility index (Phi) is 4.31. The highest BCUT2D eigenvalue weighted by atomic mass is 35.5. The minimum Gasteiger partial charge on any atom is -0.439 e. The summed E-state index contributed by atoms with van der Waals surface area (Å²) in [4.78, 5) is 4.14. The fourth-order valence-electron chi connectivity index (χ4n) is 1.81. The van der Waals surface area contributed by atoms with Crippen LogP contribution in [0.4, 0.5) is 0 Å². The molecule has 0 radical (unpaired) electrons. The number of benzene rings is 1. The van der Waals surface area contributed by atoms with E-state index in [1.807, 2.05) is 12.1 Å². The van der Waals surface area contributed by atoms with Crippen molar-refractivity contribution in [2.24, 2.45) is 5.73 Å². The van der Waals surface area contributed by atoms with Crippen LogP contribution in [-0.4, -0.2) is 4.98 Å². The molecule has 0 fully saturated rings. The first-order valence-electron chi connectivity index (χ1n) is 6.53. The Labute approximate surface area is 124 Å². The van der Waals surface area contributed by atoms with Gasteiger partial charge in [0.2, 0.25) is 5.88 Å². The van der Waals surface area contributed by atoms with Crippen molar-refractivity contribution in [3.8, 4) is 11.6 Å². The van der Waals surface area contributed by atoms with Gasteiger partial charge in [0.25, 0.3) is 0 Å². The van der Waals surface area contributed by atoms with Crippen molar-refractivity contribution in [2.75, 3.05) is 0 Å². The molecule has 3 nitrogen and oxygen atoms in total. The number of rotatable bonds is 3. The maximum atomic E-state index is 5.97. The van der Waals surface area contributed by atoms with Crippen molar-refractivity contribution in [3.63, 3.8) is 0 Å². The normalized spacial score (nSPS) is 11.4. The van der Waals surface area contributed by atoms with Gasteiger partial charge in [-0.15, -0.1) is 0 Å². The smallest absolute Gasteiger partial charge is 0.219 e. The minimum atomic E-state index is 0.129. The van der Waals surface area contributed by atoms with Crippen molar-refractivity contribution >= 4 is 11.6 Å². The molecule has 2 rings (SSSR count). The van der Waals surface area contributed by atoms with Gasteiger partial charge in [-0.2, -0.15) is 0 Å². The van der Waals surface area contributed by atoms with Crippen molar-refractivity contribution in [1.29, 1.82) is 0 Å². The number of hydrogen-bond acceptors (Lipinski definition) is 3. The van der Waals surface area contributed by atoms with Crippen LogP contribution in [0.2, 0.25) is 5.02 Å². The first-order chi connectivity index (χ1) is 9.40. The van der Waals surface area contributed by atoms with E-state index in [0.717, 1.165) is 11.3 Å². The zero-order chi connectivity index (χ0) is 14.8. The third kappa shape index (κ3) is 3.50. The average molecular weight is 291 g/mol. The van der Waals surface area contributed by atoms with Crippen molar-refractivity contribution in [3.05, 3.63) is 52.7 Å². The second kappa shape index (κ2) is 5.81. The molecule has 0 saturated heterocycles. The predicted octanol–water partition coefficient (Wildman–Crippen LogP) is 4.28. The van der Waals surface area contributed by atoms with Gasteiger partial charge in [-0.05, 0) is 28.7 Å². The monoisotopic (exact) mass is 290 g/mol. The first-order valence-corrected chi connectivity index (χ1v) is 6.91. The molecule has 0 aliphatic carbocycles. The summed E-state index contributed by atoms with van der Waals surface area (Å²) >= 11 is 5.97. The van der Waals surface area contributed by atoms with E-state index in [1.54, 1.807) is 12.3 Å². The summed E-state index contributed by atoms with van der Waals surface area (Å²) in [5, 5.41) is 0.558. The number of hydrogen-bond donors (Lipinski definition) is 1. The number of ether oxygens (including phenoxy) is 1. The molecule has 20 heavy (non-hydrogen) atoms. The second-order valence-electron chi connectivity index (χ2n) is 5.69. The quantitative estimate of drug-likeness (QED) is 0.917. The van der Waals surface area contributed by atoms with E-state index in [2.05, 4.69) is 37.9 Å². The Morgan fingerprint density at radius 3 is 2.40 bits per heavy atom. The lowest BCUT2D eigenvalue weighted by Gasteiger charge is -2.19. The van der Waals surface area contributed by atoms with Gasteiger partial charge in [0.05, 0.1) is 5.02 Å². The van der Waals surface area contributed by atoms with Crippen LogP contribution in [0.1, 0.15) is 31.9 Å². The zero-order valence-corrected chi connectivity index (χ0v) is 12.7. The molecule has 0 saturated carbocycles. The molecule has 1 heterocycles. The molecular formula is C16H19ClN2O. The Balaban J connectivity index is 2.18. The molecule has 106 valence electrons. The van der Waals surface area contributed by atoms with Crippen LogP contribution in [-0.2, 0) is 12.0 Å². The summed E-state index contributed by atoms with van der Waals surface area (Å²) in [7, 11) is 0. The molecule has 1 aromatic carbocycles. The van der Waals surface area contributed by atoms with Gasteiger partial charge < -0.3 is 10.5 Å². The molecule has 0 aliphatic rings. The van der Waals surface area contributed by atoms with Gasteiger partial charge in [-0.3, -0.25) is 0 Å². The molecular weight excluding hydrogens is 272 g/mol. The summed E-state index contributed by atoms with van der Waals surface area (Å²) in [6, 6.07) is 9.78. The van der Waals surface area contributed by atoms with Crippen LogP contribution < -0.4 is 10.5 Å². The number of aromatic nitrogens is 1. The van der Waals surface area contributed by atoms with E-state index < -0.39 is 0 Å². The summed E-state index contributed by atoms with van der Waals surface area (Å²) in [5.74, 6) is 1.24. The van der Waals surface area contributed by atoms with E-state index in [4.69, 9.17) is 22.1 Å². The van der Waals surface area contributed by atoms with E-state index in [-0.39, 0.29) is 5.41 Å². The standard InChI is InChI=1S/C16H19ClN2O/c1-16(2,3)12-4-6-13(7-5-12)20-15-8-11(9-18)14(17)10-19-15/h4-8,10H,9,18H2,1-3H3. The third-order valence-corrected chi connectivity index (χ3v) is 3.41. The van der Waals surface area contributed by atoms with Crippen LogP contribution >= 0.6 is 11.6 Å². The predicted molar refractivity (Wildman–Crippen MR) is 82.4 cm³/mol. The van der Waals surface area contributed by atoms with Crippen LogP contribution in [0, 0.1) is 0 Å². The van der Waals surface area contributed by atoms with Crippen molar-refractivity contribution < 1.29 is 4.74 Å². The molecule has 1 aromatic heterocycles. The lowest BCUT2D eigenvalue weighted by molar-refractivity contribution is 0.461. The molecule has 4 heteroatoms. The maximum Gasteiger partial charge on any atom is 0.219 e. The van der Waals surface area contributed by atoms with Crippen LogP contribution in [0.25, 0.3) is 0 Å². The van der Waals surface area contributed by atoms with Crippen molar-refractivity contribution in [1.82, 2.24) is 4.98 Å². The largest absolute Gasteiger partial charge is 0.439 e. The minimum absolute atomic E-state index is 0.129. The number of halogens is 1. The van der Waals surface area contributed by atoms with Gasteiger partial charge >= 0.3 is 0 Å². The first kappa shape index (κ1) is 14.8. The van der Waals surface area contributed by atoms with Gasteiger partial charge in [-0.1, -0.05) is 44.5 Å². The highest BCUT2D eigenvalue weighted by Gasteiger charge is 2.13.